The van der Waals surface area contributed by atoms with Crippen molar-refractivity contribution in [1.29, 1.82) is 0 Å². The molecule has 8 heteroatoms. The van der Waals surface area contributed by atoms with E-state index in [1.807, 2.05) is 0 Å². The zero-order valence-corrected chi connectivity index (χ0v) is 12.0. The summed E-state index contributed by atoms with van der Waals surface area (Å²) in [7, 11) is 2.79. The van der Waals surface area contributed by atoms with Crippen LogP contribution in [-0.2, 0) is 6.54 Å². The van der Waals surface area contributed by atoms with Crippen LogP contribution in [0.5, 0.6) is 11.6 Å². The second kappa shape index (κ2) is 6.70. The van der Waals surface area contributed by atoms with E-state index in [1.165, 1.54) is 20.3 Å². The first kappa shape index (κ1) is 15.5. The molecule has 0 saturated carbocycles. The fourth-order valence-corrected chi connectivity index (χ4v) is 1.84. The first-order valence-electron chi connectivity index (χ1n) is 6.31. The molecule has 1 aromatic carbocycles. The van der Waals surface area contributed by atoms with Crippen molar-refractivity contribution in [3.63, 3.8) is 0 Å². The Labute approximate surface area is 125 Å². The SMILES string of the molecule is COc1cccc(CNc2cc(OC)c([N+](=O)[O-])cc2F)n1. The Morgan fingerprint density at radius 3 is 2.73 bits per heavy atom. The number of benzene rings is 1. The first-order valence-corrected chi connectivity index (χ1v) is 6.31. The Kier molecular flexibility index (Phi) is 4.72. The molecule has 1 heterocycles. The van der Waals surface area contributed by atoms with Crippen LogP contribution in [-0.4, -0.2) is 24.1 Å². The molecule has 0 aliphatic rings. The van der Waals surface area contributed by atoms with Crippen molar-refractivity contribution in [3.8, 4) is 11.6 Å². The van der Waals surface area contributed by atoms with E-state index in [4.69, 9.17) is 9.47 Å². The molecule has 116 valence electrons. The van der Waals surface area contributed by atoms with Crippen molar-refractivity contribution >= 4 is 11.4 Å². The molecule has 0 aliphatic heterocycles. The lowest BCUT2D eigenvalue weighted by Gasteiger charge is -2.10. The van der Waals surface area contributed by atoms with E-state index in [0.29, 0.717) is 11.6 Å². The lowest BCUT2D eigenvalue weighted by Crippen LogP contribution is -2.05. The van der Waals surface area contributed by atoms with Crippen LogP contribution in [0.1, 0.15) is 5.69 Å². The number of nitro benzene ring substituents is 1. The van der Waals surface area contributed by atoms with Gasteiger partial charge in [-0.1, -0.05) is 6.07 Å². The van der Waals surface area contributed by atoms with Crippen LogP contribution in [0.3, 0.4) is 0 Å². The number of anilines is 1. The number of hydrogen-bond acceptors (Lipinski definition) is 6. The predicted octanol–water partition coefficient (Wildman–Crippen LogP) is 2.76. The summed E-state index contributed by atoms with van der Waals surface area (Å²) in [4.78, 5) is 14.3. The van der Waals surface area contributed by atoms with Gasteiger partial charge in [-0.3, -0.25) is 10.1 Å². The smallest absolute Gasteiger partial charge is 0.313 e. The number of pyridine rings is 1. The largest absolute Gasteiger partial charge is 0.490 e. The molecule has 1 N–H and O–H groups in total. The van der Waals surface area contributed by atoms with Gasteiger partial charge in [0.15, 0.2) is 11.6 Å². The van der Waals surface area contributed by atoms with Gasteiger partial charge in [0, 0.05) is 12.1 Å². The summed E-state index contributed by atoms with van der Waals surface area (Å²) in [6, 6.07) is 7.26. The number of nitrogens with zero attached hydrogens (tertiary/aromatic N) is 2. The fourth-order valence-electron chi connectivity index (χ4n) is 1.84. The Morgan fingerprint density at radius 1 is 1.32 bits per heavy atom. The second-order valence-corrected chi connectivity index (χ2v) is 4.29. The van der Waals surface area contributed by atoms with Crippen LogP contribution >= 0.6 is 0 Å². The number of methoxy groups -OCH3 is 2. The molecule has 2 rings (SSSR count). The third-order valence-electron chi connectivity index (χ3n) is 2.92. The quantitative estimate of drug-likeness (QED) is 0.652. The van der Waals surface area contributed by atoms with E-state index in [2.05, 4.69) is 10.3 Å². The lowest BCUT2D eigenvalue weighted by molar-refractivity contribution is -0.385. The van der Waals surface area contributed by atoms with Gasteiger partial charge < -0.3 is 14.8 Å². The van der Waals surface area contributed by atoms with E-state index in [0.717, 1.165) is 6.07 Å². The molecule has 0 radical (unpaired) electrons. The third kappa shape index (κ3) is 3.40. The van der Waals surface area contributed by atoms with E-state index in [1.54, 1.807) is 18.2 Å². The molecule has 0 atom stereocenters. The monoisotopic (exact) mass is 307 g/mol. The fraction of sp³-hybridized carbons (Fsp3) is 0.214. The highest BCUT2D eigenvalue weighted by Crippen LogP contribution is 2.32. The number of aromatic nitrogens is 1. The summed E-state index contributed by atoms with van der Waals surface area (Å²) < 4.78 is 23.8. The van der Waals surface area contributed by atoms with Gasteiger partial charge in [-0.15, -0.1) is 0 Å². The van der Waals surface area contributed by atoms with E-state index in [9.17, 15) is 14.5 Å². The minimum atomic E-state index is -0.740. The predicted molar refractivity (Wildman–Crippen MR) is 77.7 cm³/mol. The summed E-state index contributed by atoms with van der Waals surface area (Å²) >= 11 is 0. The molecule has 0 bridgehead atoms. The van der Waals surface area contributed by atoms with Gasteiger partial charge in [0.2, 0.25) is 5.88 Å². The molecule has 7 nitrogen and oxygen atoms in total. The van der Waals surface area contributed by atoms with Gasteiger partial charge in [0.25, 0.3) is 0 Å². The average Bonchev–Trinajstić information content (AvgIpc) is 2.53. The zero-order valence-electron chi connectivity index (χ0n) is 12.0. The van der Waals surface area contributed by atoms with Crippen LogP contribution in [0.2, 0.25) is 0 Å². The van der Waals surface area contributed by atoms with E-state index in [-0.39, 0.29) is 18.0 Å². The molecule has 0 amide bonds. The van der Waals surface area contributed by atoms with Crippen molar-refractivity contribution in [2.24, 2.45) is 0 Å². The summed E-state index contributed by atoms with van der Waals surface area (Å²) in [5, 5.41) is 13.6. The summed E-state index contributed by atoms with van der Waals surface area (Å²) in [6.07, 6.45) is 0. The minimum Gasteiger partial charge on any atom is -0.490 e. The average molecular weight is 307 g/mol. The summed E-state index contributed by atoms with van der Waals surface area (Å²) in [5.74, 6) is -0.316. The molecule has 1 aromatic heterocycles. The maximum atomic E-state index is 13.9. The lowest BCUT2D eigenvalue weighted by atomic mass is 10.2. The highest BCUT2D eigenvalue weighted by molar-refractivity contribution is 5.59. The Morgan fingerprint density at radius 2 is 2.09 bits per heavy atom. The van der Waals surface area contributed by atoms with Crippen LogP contribution in [0.4, 0.5) is 15.8 Å². The number of nitro groups is 1. The number of ether oxygens (including phenoxy) is 2. The van der Waals surface area contributed by atoms with Crippen molar-refractivity contribution in [3.05, 3.63) is 52.0 Å². The van der Waals surface area contributed by atoms with E-state index >= 15 is 0 Å². The molecule has 22 heavy (non-hydrogen) atoms. The van der Waals surface area contributed by atoms with Gasteiger partial charge in [-0.05, 0) is 6.07 Å². The second-order valence-electron chi connectivity index (χ2n) is 4.29. The molecule has 0 saturated heterocycles. The van der Waals surface area contributed by atoms with Crippen LogP contribution < -0.4 is 14.8 Å². The molecule has 0 unspecified atom stereocenters. The number of nitrogens with one attached hydrogen (secondary N) is 1. The van der Waals surface area contributed by atoms with Crippen molar-refractivity contribution in [2.75, 3.05) is 19.5 Å². The minimum absolute atomic E-state index is 0.0208. The molecule has 0 fully saturated rings. The van der Waals surface area contributed by atoms with Crippen LogP contribution in [0.15, 0.2) is 30.3 Å². The third-order valence-corrected chi connectivity index (χ3v) is 2.92. The normalized spacial score (nSPS) is 10.1. The van der Waals surface area contributed by atoms with Gasteiger partial charge in [-0.2, -0.15) is 0 Å². The molecule has 0 aliphatic carbocycles. The van der Waals surface area contributed by atoms with Crippen molar-refractivity contribution < 1.29 is 18.8 Å². The maximum Gasteiger partial charge on any atom is 0.313 e. The molecular formula is C14H14FN3O4. The van der Waals surface area contributed by atoms with Crippen molar-refractivity contribution in [2.45, 2.75) is 6.54 Å². The van der Waals surface area contributed by atoms with Gasteiger partial charge >= 0.3 is 5.69 Å². The highest BCUT2D eigenvalue weighted by atomic mass is 19.1. The van der Waals surface area contributed by atoms with Gasteiger partial charge in [-0.25, -0.2) is 9.37 Å². The van der Waals surface area contributed by atoms with Gasteiger partial charge in [0.05, 0.1) is 43.1 Å². The van der Waals surface area contributed by atoms with E-state index < -0.39 is 16.4 Å². The van der Waals surface area contributed by atoms with Crippen molar-refractivity contribution in [1.82, 2.24) is 4.98 Å². The summed E-state index contributed by atoms with van der Waals surface area (Å²) in [5.41, 5.74) is 0.299. The molecular weight excluding hydrogens is 293 g/mol. The Bertz CT molecular complexity index is 694. The number of rotatable bonds is 6. The zero-order chi connectivity index (χ0) is 16.1. The van der Waals surface area contributed by atoms with Crippen LogP contribution in [0, 0.1) is 15.9 Å². The first-order chi connectivity index (χ1) is 10.5. The number of hydrogen-bond donors (Lipinski definition) is 1. The molecule has 2 aromatic rings. The maximum absolute atomic E-state index is 13.9. The number of halogens is 1. The Balaban J connectivity index is 2.20. The van der Waals surface area contributed by atoms with Gasteiger partial charge in [0.1, 0.15) is 0 Å². The standard InChI is InChI=1S/C14H14FN3O4/c1-21-13-7-11(10(15)6-12(13)18(19)20)16-8-9-4-3-5-14(17-9)22-2/h3-7,16H,8H2,1-2H3. The Hall–Kier alpha value is -2.90. The van der Waals surface area contributed by atoms with Crippen LogP contribution in [0.25, 0.3) is 0 Å². The molecule has 0 spiro atoms. The highest BCUT2D eigenvalue weighted by Gasteiger charge is 2.19. The summed E-state index contributed by atoms with van der Waals surface area (Å²) in [6.45, 7) is 0.231. The topological polar surface area (TPSA) is 86.5 Å².